The number of carbonyl (C=O) groups excluding carboxylic acids is 1. The third-order valence-electron chi connectivity index (χ3n) is 2.59. The van der Waals surface area contributed by atoms with Gasteiger partial charge in [0, 0.05) is 32.0 Å². The predicted molar refractivity (Wildman–Crippen MR) is 106 cm³/mol. The summed E-state index contributed by atoms with van der Waals surface area (Å²) in [5.74, 6) is 0.714. The number of guanidine groups is 1. The molecule has 0 radical (unpaired) electrons. The molecule has 138 valence electrons. The summed E-state index contributed by atoms with van der Waals surface area (Å²) in [4.78, 5) is 15.9. The molecule has 0 bridgehead atoms. The van der Waals surface area contributed by atoms with Gasteiger partial charge in [-0.05, 0) is 33.8 Å². The average Bonchev–Trinajstić information content (AvgIpc) is 2.94. The van der Waals surface area contributed by atoms with Crippen molar-refractivity contribution in [1.82, 2.24) is 25.7 Å². The zero-order chi connectivity index (χ0) is 17.1. The van der Waals surface area contributed by atoms with E-state index in [2.05, 4.69) is 26.0 Å². The van der Waals surface area contributed by atoms with Crippen LogP contribution < -0.4 is 16.0 Å². The van der Waals surface area contributed by atoms with Gasteiger partial charge in [-0.2, -0.15) is 5.10 Å². The summed E-state index contributed by atoms with van der Waals surface area (Å²) in [6, 6.07) is 1.89. The highest BCUT2D eigenvalue weighted by Gasteiger charge is 2.15. The summed E-state index contributed by atoms with van der Waals surface area (Å²) in [7, 11) is 0. The number of hydrogen-bond donors (Lipinski definition) is 3. The maximum Gasteiger partial charge on any atom is 0.407 e. The number of aliphatic imine (C=N–C) groups is 1. The monoisotopic (exact) mass is 452 g/mol. The molecule has 1 amide bonds. The molecule has 0 atom stereocenters. The first-order valence-electron chi connectivity index (χ1n) is 7.87. The lowest BCUT2D eigenvalue weighted by atomic mass is 10.2. The number of ether oxygens (including phenoxy) is 1. The van der Waals surface area contributed by atoms with Gasteiger partial charge in [0.25, 0.3) is 0 Å². The zero-order valence-electron chi connectivity index (χ0n) is 14.8. The largest absolute Gasteiger partial charge is 0.444 e. The molecule has 1 rings (SSSR count). The van der Waals surface area contributed by atoms with Crippen molar-refractivity contribution in [2.45, 2.75) is 39.8 Å². The Balaban J connectivity index is 0.00000529. The highest BCUT2D eigenvalue weighted by molar-refractivity contribution is 14.0. The number of aromatic nitrogens is 2. The summed E-state index contributed by atoms with van der Waals surface area (Å²) in [5.41, 5.74) is -0.490. The topological polar surface area (TPSA) is 92.6 Å². The van der Waals surface area contributed by atoms with Gasteiger partial charge in [-0.1, -0.05) is 0 Å². The molecule has 1 aromatic rings. The quantitative estimate of drug-likeness (QED) is 0.253. The van der Waals surface area contributed by atoms with E-state index in [9.17, 15) is 4.79 Å². The number of nitrogens with one attached hydrogen (secondary N) is 3. The Bertz CT molecular complexity index is 485. The van der Waals surface area contributed by atoms with E-state index in [4.69, 9.17) is 4.74 Å². The highest BCUT2D eigenvalue weighted by atomic mass is 127. The molecule has 0 aliphatic rings. The Morgan fingerprint density at radius 2 is 2.00 bits per heavy atom. The van der Waals surface area contributed by atoms with Crippen LogP contribution >= 0.6 is 24.0 Å². The number of amides is 1. The summed E-state index contributed by atoms with van der Waals surface area (Å²) >= 11 is 0. The molecule has 1 heterocycles. The molecule has 0 aliphatic carbocycles. The van der Waals surface area contributed by atoms with Crippen LogP contribution in [0.25, 0.3) is 0 Å². The lowest BCUT2D eigenvalue weighted by Gasteiger charge is -2.19. The molecule has 0 aromatic carbocycles. The summed E-state index contributed by atoms with van der Waals surface area (Å²) in [6.45, 7) is 10.6. The second-order valence-corrected chi connectivity index (χ2v) is 5.89. The Morgan fingerprint density at radius 1 is 1.25 bits per heavy atom. The lowest BCUT2D eigenvalue weighted by molar-refractivity contribution is 0.0529. The second kappa shape index (κ2) is 11.9. The van der Waals surface area contributed by atoms with Crippen LogP contribution in [0.5, 0.6) is 0 Å². The van der Waals surface area contributed by atoms with E-state index >= 15 is 0 Å². The van der Waals surface area contributed by atoms with Crippen LogP contribution in [-0.2, 0) is 11.3 Å². The normalized spacial score (nSPS) is 11.4. The number of rotatable bonds is 7. The van der Waals surface area contributed by atoms with Crippen LogP contribution in [0.15, 0.2) is 23.5 Å². The second-order valence-electron chi connectivity index (χ2n) is 5.89. The molecule has 9 heteroatoms. The molecule has 0 fully saturated rings. The summed E-state index contributed by atoms with van der Waals surface area (Å²) in [6.07, 6.45) is 3.24. The van der Waals surface area contributed by atoms with Crippen molar-refractivity contribution in [2.75, 3.05) is 26.2 Å². The lowest BCUT2D eigenvalue weighted by Crippen LogP contribution is -2.39. The summed E-state index contributed by atoms with van der Waals surface area (Å²) in [5, 5.41) is 13.2. The molecule has 0 spiro atoms. The molecule has 24 heavy (non-hydrogen) atoms. The molecular weight excluding hydrogens is 423 g/mol. The maximum absolute atomic E-state index is 11.5. The van der Waals surface area contributed by atoms with E-state index in [0.717, 1.165) is 13.1 Å². The van der Waals surface area contributed by atoms with Gasteiger partial charge >= 0.3 is 6.09 Å². The fraction of sp³-hybridized carbons (Fsp3) is 0.667. The van der Waals surface area contributed by atoms with Gasteiger partial charge in [-0.3, -0.25) is 9.67 Å². The fourth-order valence-corrected chi connectivity index (χ4v) is 1.70. The molecule has 0 aliphatic heterocycles. The highest BCUT2D eigenvalue weighted by Crippen LogP contribution is 2.05. The van der Waals surface area contributed by atoms with Crippen LogP contribution in [0.1, 0.15) is 27.7 Å². The Morgan fingerprint density at radius 3 is 2.58 bits per heavy atom. The van der Waals surface area contributed by atoms with E-state index in [1.54, 1.807) is 6.20 Å². The Hall–Kier alpha value is -1.52. The minimum Gasteiger partial charge on any atom is -0.444 e. The first-order valence-corrected chi connectivity index (χ1v) is 7.87. The van der Waals surface area contributed by atoms with Gasteiger partial charge in [0.1, 0.15) is 5.60 Å². The number of halogens is 1. The number of hydrogen-bond acceptors (Lipinski definition) is 4. The van der Waals surface area contributed by atoms with E-state index in [1.807, 2.05) is 44.6 Å². The van der Waals surface area contributed by atoms with E-state index in [0.29, 0.717) is 25.6 Å². The fourth-order valence-electron chi connectivity index (χ4n) is 1.70. The van der Waals surface area contributed by atoms with Gasteiger partial charge in [-0.25, -0.2) is 4.79 Å². The van der Waals surface area contributed by atoms with Crippen LogP contribution in [0.2, 0.25) is 0 Å². The SMILES string of the molecule is CCNC(=NCCNC(=O)OC(C)(C)C)NCCn1cccn1.I. The van der Waals surface area contributed by atoms with Crippen LogP contribution in [-0.4, -0.2) is 53.6 Å². The van der Waals surface area contributed by atoms with Crippen molar-refractivity contribution in [2.24, 2.45) is 4.99 Å². The standard InChI is InChI=1S/C15H28N6O2.HI/c1-5-16-13(18-10-12-21-11-6-7-20-21)17-8-9-19-14(22)23-15(2,3)4;/h6-7,11H,5,8-10,12H2,1-4H3,(H,19,22)(H2,16,17,18);1H. The van der Waals surface area contributed by atoms with Crippen molar-refractivity contribution in [3.63, 3.8) is 0 Å². The zero-order valence-corrected chi connectivity index (χ0v) is 17.2. The third-order valence-corrected chi connectivity index (χ3v) is 2.59. The molecule has 0 unspecified atom stereocenters. The smallest absolute Gasteiger partial charge is 0.407 e. The van der Waals surface area contributed by atoms with Crippen molar-refractivity contribution in [3.8, 4) is 0 Å². The van der Waals surface area contributed by atoms with E-state index < -0.39 is 11.7 Å². The van der Waals surface area contributed by atoms with Gasteiger partial charge in [0.05, 0.1) is 13.1 Å². The van der Waals surface area contributed by atoms with Gasteiger partial charge in [0.15, 0.2) is 5.96 Å². The first kappa shape index (κ1) is 22.5. The minimum atomic E-state index is -0.490. The summed E-state index contributed by atoms with van der Waals surface area (Å²) < 4.78 is 7.01. The van der Waals surface area contributed by atoms with Crippen LogP contribution in [0.3, 0.4) is 0 Å². The average molecular weight is 452 g/mol. The molecule has 8 nitrogen and oxygen atoms in total. The van der Waals surface area contributed by atoms with Gasteiger partial charge in [0.2, 0.25) is 0 Å². The van der Waals surface area contributed by atoms with Crippen LogP contribution in [0.4, 0.5) is 4.79 Å². The van der Waals surface area contributed by atoms with Gasteiger partial charge < -0.3 is 20.7 Å². The predicted octanol–water partition coefficient (Wildman–Crippen LogP) is 1.58. The van der Waals surface area contributed by atoms with Crippen molar-refractivity contribution in [1.29, 1.82) is 0 Å². The van der Waals surface area contributed by atoms with Crippen molar-refractivity contribution >= 4 is 36.0 Å². The molecule has 1 aromatic heterocycles. The maximum atomic E-state index is 11.5. The van der Waals surface area contributed by atoms with Crippen molar-refractivity contribution < 1.29 is 9.53 Å². The first-order chi connectivity index (χ1) is 10.9. The third kappa shape index (κ3) is 11.1. The van der Waals surface area contributed by atoms with Crippen molar-refractivity contribution in [3.05, 3.63) is 18.5 Å². The number of carbonyl (C=O) groups is 1. The number of nitrogens with zero attached hydrogens (tertiary/aromatic N) is 3. The molecule has 0 saturated carbocycles. The number of alkyl carbamates (subject to hydrolysis) is 1. The van der Waals surface area contributed by atoms with Crippen LogP contribution in [0, 0.1) is 0 Å². The minimum absolute atomic E-state index is 0. The van der Waals surface area contributed by atoms with E-state index in [-0.39, 0.29) is 24.0 Å². The molecule has 0 saturated heterocycles. The Labute approximate surface area is 160 Å². The molecule has 3 N–H and O–H groups in total. The van der Waals surface area contributed by atoms with E-state index in [1.165, 1.54) is 0 Å². The Kier molecular flexibility index (Phi) is 11.2. The van der Waals surface area contributed by atoms with Gasteiger partial charge in [-0.15, -0.1) is 24.0 Å². The molecular formula is C15H29IN6O2.